The number of cyclic esters (lactones) is 4. The number of hydrogen-bond donors (Lipinski definition) is 0. The van der Waals surface area contributed by atoms with Crippen LogP contribution in [-0.2, 0) is 62.2 Å². The fourth-order valence-electron chi connectivity index (χ4n) is 7.25. The molecule has 93 heavy (non-hydrogen) atoms. The predicted octanol–water partition coefficient (Wildman–Crippen LogP) is 19.7. The molecule has 3 atom stereocenters. The summed E-state index contributed by atoms with van der Waals surface area (Å²) in [5.41, 5.74) is 3.24. The summed E-state index contributed by atoms with van der Waals surface area (Å²) in [7, 11) is 2.04. The molecule has 0 spiro atoms. The lowest BCUT2D eigenvalue weighted by atomic mass is 9.95. The molecule has 8 aliphatic heterocycles. The van der Waals surface area contributed by atoms with Crippen LogP contribution in [0.3, 0.4) is 0 Å². The Labute approximate surface area is 572 Å². The van der Waals surface area contributed by atoms with Gasteiger partial charge >= 0.3 is 23.9 Å². The minimum Gasteiger partial charge on any atom is -0.475 e. The standard InChI is InChI=1S/4C8H12O2.C7H14N2O.2C7H13NO.C6H11NO2.8C2H6/c1-6(2)7-3-4-10-8(9)5-7;1-6(2)7-3-4-8(9)10-5-7;1-6(2)7-4-3-5-10-8(7)9;1-6(2)7-4-3-5-8(9)10-7;1-6(2)7-8-10-5-4-9(7)3;1-6(2)7-4-3-5-9-8-7;1-6(2)7-4-3-5-8-9-7;1-5(2)6-7-9-4-3-8-6;8*1-2/h5-6H,3-4H2,1-2H3;3-4,6-7H,5H2,1-2H3;4,6H,3,5H2,1-2H3;3,5-7H,4H2,1-2H3;6H,4-5H2,1-3H3;6H,3-5H2,1-2H3;5-7H,3-4H2,1-2H3;5H,3-4H2,1-2H3;8*1-2H3. The molecule has 0 aromatic rings. The van der Waals surface area contributed by atoms with E-state index in [0.29, 0.717) is 105 Å². The highest BCUT2D eigenvalue weighted by atomic mass is 16.7. The summed E-state index contributed by atoms with van der Waals surface area (Å²) in [5.74, 6) is 5.16. The van der Waals surface area contributed by atoms with E-state index in [1.54, 1.807) is 6.08 Å². The van der Waals surface area contributed by atoms with E-state index < -0.39 is 0 Å². The highest BCUT2D eigenvalue weighted by Crippen LogP contribution is 2.20. The van der Waals surface area contributed by atoms with Gasteiger partial charge in [-0.15, -0.1) is 0 Å². The molecule has 0 bridgehead atoms. The topological polar surface area (TPSA) is 204 Å². The highest BCUT2D eigenvalue weighted by Gasteiger charge is 2.21. The van der Waals surface area contributed by atoms with Gasteiger partial charge in [0.15, 0.2) is 6.61 Å². The lowest BCUT2D eigenvalue weighted by molar-refractivity contribution is -0.146. The van der Waals surface area contributed by atoms with Crippen LogP contribution in [0.2, 0.25) is 0 Å². The van der Waals surface area contributed by atoms with Gasteiger partial charge in [-0.2, -0.15) is 0 Å². The summed E-state index contributed by atoms with van der Waals surface area (Å²) >= 11 is 0. The van der Waals surface area contributed by atoms with Crippen molar-refractivity contribution in [2.75, 3.05) is 59.8 Å². The first-order valence-corrected chi connectivity index (χ1v) is 36.0. The molecule has 0 N–H and O–H groups in total. The molecular weight excluding hydrogens is 1180 g/mol. The Balaban J connectivity index is -0.000000143. The SMILES string of the molecule is CC.CC.CC.CC.CC.CC.CC.CC.CC(C)C1=CC(=O)OCC1.CC(C)C1=CCCOC1=O.CC(C)C1=NOCCC1.CC(C)C1=NOCCN1C.CC(C)C1=NOCCO1.CC(C)C1C=CC(=O)OC1.CC(C)C1CC=CC(=O)O1.CC(C)C1CCC=NO1. The lowest BCUT2D eigenvalue weighted by Crippen LogP contribution is -2.36. The largest absolute Gasteiger partial charge is 0.475 e. The summed E-state index contributed by atoms with van der Waals surface area (Å²) in [6.45, 7) is 70.7. The average molecular weight is 1330 g/mol. The van der Waals surface area contributed by atoms with Gasteiger partial charge in [0.05, 0.1) is 32.1 Å². The second-order valence-corrected chi connectivity index (χ2v) is 21.8. The van der Waals surface area contributed by atoms with Crippen molar-refractivity contribution in [2.45, 2.75) is 279 Å². The fourth-order valence-corrected chi connectivity index (χ4v) is 7.25. The molecule has 0 amide bonds. The van der Waals surface area contributed by atoms with Crippen LogP contribution in [0.5, 0.6) is 0 Å². The van der Waals surface area contributed by atoms with Gasteiger partial charge < -0.3 is 47.9 Å². The second kappa shape index (κ2) is 73.7. The molecule has 0 saturated heterocycles. The highest BCUT2D eigenvalue weighted by molar-refractivity contribution is 5.89. The van der Waals surface area contributed by atoms with E-state index in [9.17, 15) is 19.2 Å². The van der Waals surface area contributed by atoms with Crippen molar-refractivity contribution in [3.05, 3.63) is 47.6 Å². The van der Waals surface area contributed by atoms with Crippen LogP contribution in [0, 0.1) is 53.3 Å². The zero-order valence-corrected chi connectivity index (χ0v) is 66.0. The first kappa shape index (κ1) is 103. The quantitative estimate of drug-likeness (QED) is 0.164. The third-order valence-electron chi connectivity index (χ3n) is 12.4. The van der Waals surface area contributed by atoms with Crippen LogP contribution in [0.25, 0.3) is 0 Å². The number of nitrogens with zero attached hydrogens (tertiary/aromatic N) is 5. The Morgan fingerprint density at radius 2 is 1.06 bits per heavy atom. The summed E-state index contributed by atoms with van der Waals surface area (Å²) in [6, 6.07) is 0. The van der Waals surface area contributed by atoms with Gasteiger partial charge in [0.1, 0.15) is 37.9 Å². The van der Waals surface area contributed by atoms with Crippen molar-refractivity contribution in [2.24, 2.45) is 73.9 Å². The number of rotatable bonds is 8. The number of hydrogen-bond acceptors (Lipinski definition) is 18. The van der Waals surface area contributed by atoms with Crippen molar-refractivity contribution in [1.82, 2.24) is 4.90 Å². The third kappa shape index (κ3) is 58.6. The smallest absolute Gasteiger partial charge is 0.333 e. The molecule has 18 heteroatoms. The number of esters is 4. The Morgan fingerprint density at radius 3 is 1.38 bits per heavy atom. The van der Waals surface area contributed by atoms with Gasteiger partial charge in [-0.25, -0.2) is 19.2 Å². The maximum atomic E-state index is 10.9. The molecule has 0 aliphatic carbocycles. The molecular formula is C75H147N5O13. The molecule has 18 nitrogen and oxygen atoms in total. The van der Waals surface area contributed by atoms with Crippen LogP contribution in [0.15, 0.2) is 68.2 Å². The normalized spacial score (nSPS) is 18.1. The summed E-state index contributed by atoms with van der Waals surface area (Å²) in [6.07, 6.45) is 19.8. The maximum Gasteiger partial charge on any atom is 0.333 e. The van der Waals surface area contributed by atoms with Crippen LogP contribution < -0.4 is 0 Å². The van der Waals surface area contributed by atoms with E-state index in [0.717, 1.165) is 69.5 Å². The Bertz CT molecular complexity index is 1950. The Morgan fingerprint density at radius 1 is 0.495 bits per heavy atom. The van der Waals surface area contributed by atoms with Crippen LogP contribution >= 0.6 is 0 Å². The van der Waals surface area contributed by atoms with Gasteiger partial charge in [0, 0.05) is 74.1 Å². The van der Waals surface area contributed by atoms with Crippen molar-refractivity contribution in [3.8, 4) is 0 Å². The zero-order chi connectivity index (χ0) is 73.9. The van der Waals surface area contributed by atoms with Crippen molar-refractivity contribution in [1.29, 1.82) is 0 Å². The molecule has 3 unspecified atom stereocenters. The van der Waals surface area contributed by atoms with E-state index in [-0.39, 0.29) is 30.0 Å². The zero-order valence-electron chi connectivity index (χ0n) is 66.0. The lowest BCUT2D eigenvalue weighted by Gasteiger charge is -2.26. The number of amidine groups is 1. The van der Waals surface area contributed by atoms with Crippen LogP contribution in [0.4, 0.5) is 0 Å². The van der Waals surface area contributed by atoms with Gasteiger partial charge in [-0.05, 0) is 61.2 Å². The molecule has 8 aliphatic rings. The van der Waals surface area contributed by atoms with Gasteiger partial charge in [-0.3, -0.25) is 0 Å². The Hall–Kier alpha value is -5.68. The van der Waals surface area contributed by atoms with E-state index in [2.05, 4.69) is 109 Å². The first-order valence-electron chi connectivity index (χ1n) is 36.0. The van der Waals surface area contributed by atoms with E-state index in [4.69, 9.17) is 43.0 Å². The molecule has 0 aromatic heterocycles. The van der Waals surface area contributed by atoms with Gasteiger partial charge in [0.2, 0.25) is 5.90 Å². The molecule has 0 saturated carbocycles. The number of ether oxygens (including phenoxy) is 5. The number of carbonyl (C=O) groups excluding carboxylic acids is 4. The van der Waals surface area contributed by atoms with Gasteiger partial charge in [-0.1, -0.05) is 266 Å². The first-order chi connectivity index (χ1) is 44.4. The van der Waals surface area contributed by atoms with Gasteiger partial charge in [0.25, 0.3) is 0 Å². The van der Waals surface area contributed by atoms with Crippen molar-refractivity contribution >= 4 is 47.5 Å². The van der Waals surface area contributed by atoms with Crippen molar-refractivity contribution < 1.29 is 62.2 Å². The third-order valence-corrected chi connectivity index (χ3v) is 12.4. The van der Waals surface area contributed by atoms with E-state index in [1.165, 1.54) is 23.4 Å². The summed E-state index contributed by atoms with van der Waals surface area (Å²) in [4.78, 5) is 64.8. The fraction of sp³-hybridized carbons (Fsp3) is 0.787. The molecule has 0 radical (unpaired) electrons. The number of likely N-dealkylation sites (N-methyl/N-ethyl adjacent to an activating group) is 1. The maximum absolute atomic E-state index is 10.9. The summed E-state index contributed by atoms with van der Waals surface area (Å²) < 4.78 is 24.6. The average Bonchev–Trinajstić information content (AvgIpc) is 3.81. The van der Waals surface area contributed by atoms with Crippen molar-refractivity contribution in [3.63, 3.8) is 0 Å². The molecule has 0 aromatic carbocycles. The molecule has 8 rings (SSSR count). The minimum atomic E-state index is -0.211. The number of oxime groups is 4. The van der Waals surface area contributed by atoms with E-state index >= 15 is 0 Å². The Kier molecular flexibility index (Phi) is 82.0. The summed E-state index contributed by atoms with van der Waals surface area (Å²) in [5, 5.41) is 15.4. The van der Waals surface area contributed by atoms with E-state index in [1.807, 2.05) is 170 Å². The predicted molar refractivity (Wildman–Crippen MR) is 395 cm³/mol. The molecule has 0 fully saturated rings. The van der Waals surface area contributed by atoms with Crippen LogP contribution in [-0.4, -0.2) is 124 Å². The van der Waals surface area contributed by atoms with Crippen LogP contribution in [0.1, 0.15) is 267 Å². The molecule has 8 heterocycles. The second-order valence-electron chi connectivity index (χ2n) is 21.8. The molecule has 550 valence electrons. The number of carbonyl (C=O) groups is 4. The minimum absolute atomic E-state index is 0.0949. The monoisotopic (exact) mass is 1330 g/mol.